The van der Waals surface area contributed by atoms with Crippen LogP contribution in [0.15, 0.2) is 18.2 Å². The number of hydrogen-bond acceptors (Lipinski definition) is 2. The number of nitrogens with one attached hydrogen (secondary N) is 1. The monoisotopic (exact) mass is 275 g/mol. The first-order valence-electron chi connectivity index (χ1n) is 7.90. The van der Waals surface area contributed by atoms with E-state index < -0.39 is 0 Å². The van der Waals surface area contributed by atoms with Gasteiger partial charge in [0.05, 0.1) is 5.60 Å². The van der Waals surface area contributed by atoms with Crippen molar-refractivity contribution in [2.24, 2.45) is 0 Å². The third-order valence-electron chi connectivity index (χ3n) is 5.14. The van der Waals surface area contributed by atoms with Gasteiger partial charge in [0.15, 0.2) is 0 Å². The Morgan fingerprint density at radius 1 is 1.15 bits per heavy atom. The number of hydrogen-bond donors (Lipinski definition) is 1. The van der Waals surface area contributed by atoms with Crippen LogP contribution in [0, 0.1) is 13.8 Å². The average molecular weight is 275 g/mol. The number of ether oxygens (including phenoxy) is 1. The van der Waals surface area contributed by atoms with Crippen LogP contribution in [0.3, 0.4) is 0 Å². The van der Waals surface area contributed by atoms with Gasteiger partial charge in [-0.15, -0.1) is 0 Å². The quantitative estimate of drug-likeness (QED) is 0.883. The summed E-state index contributed by atoms with van der Waals surface area (Å²) < 4.78 is 6.02. The van der Waals surface area contributed by atoms with Crippen molar-refractivity contribution in [2.75, 3.05) is 14.2 Å². The molecule has 0 bridgehead atoms. The lowest BCUT2D eigenvalue weighted by Gasteiger charge is -2.43. The molecule has 1 aliphatic rings. The zero-order chi connectivity index (χ0) is 14.6. The standard InChI is InChI=1S/C18H29NO/c1-14-9-8-10-15(2)16(14)13-17(19-3)18(20-4)11-6-5-7-12-18/h8-10,17,19H,5-7,11-13H2,1-4H3. The molecule has 1 aliphatic carbocycles. The summed E-state index contributed by atoms with van der Waals surface area (Å²) in [6, 6.07) is 6.98. The zero-order valence-electron chi connectivity index (χ0n) is 13.5. The predicted octanol–water partition coefficient (Wildman–Crippen LogP) is 3.78. The number of methoxy groups -OCH3 is 1. The third kappa shape index (κ3) is 3.07. The van der Waals surface area contributed by atoms with Gasteiger partial charge >= 0.3 is 0 Å². The Bertz CT molecular complexity index is 415. The van der Waals surface area contributed by atoms with Gasteiger partial charge in [0.2, 0.25) is 0 Å². The van der Waals surface area contributed by atoms with E-state index >= 15 is 0 Å². The molecule has 2 rings (SSSR count). The maximum Gasteiger partial charge on any atom is 0.0834 e. The SMILES string of the molecule is CNC(Cc1c(C)cccc1C)C1(OC)CCCCC1. The summed E-state index contributed by atoms with van der Waals surface area (Å²) in [6.07, 6.45) is 7.35. The lowest BCUT2D eigenvalue weighted by Crippen LogP contribution is -2.53. The van der Waals surface area contributed by atoms with Crippen molar-refractivity contribution >= 4 is 0 Å². The largest absolute Gasteiger partial charge is 0.377 e. The van der Waals surface area contributed by atoms with Crippen LogP contribution in [0.5, 0.6) is 0 Å². The molecule has 1 saturated carbocycles. The van der Waals surface area contributed by atoms with Crippen molar-refractivity contribution in [2.45, 2.75) is 64.0 Å². The molecule has 112 valence electrons. The normalized spacial score (nSPS) is 19.8. The molecule has 1 atom stereocenters. The first-order chi connectivity index (χ1) is 9.63. The highest BCUT2D eigenvalue weighted by atomic mass is 16.5. The second kappa shape index (κ2) is 6.73. The van der Waals surface area contributed by atoms with Gasteiger partial charge in [-0.25, -0.2) is 0 Å². The summed E-state index contributed by atoms with van der Waals surface area (Å²) in [5.74, 6) is 0. The van der Waals surface area contributed by atoms with Gasteiger partial charge in [-0.2, -0.15) is 0 Å². The zero-order valence-corrected chi connectivity index (χ0v) is 13.5. The summed E-state index contributed by atoms with van der Waals surface area (Å²) in [7, 11) is 3.97. The molecule has 1 N–H and O–H groups in total. The van der Waals surface area contributed by atoms with Crippen molar-refractivity contribution in [3.05, 3.63) is 34.9 Å². The van der Waals surface area contributed by atoms with E-state index in [4.69, 9.17) is 4.74 Å². The molecule has 0 heterocycles. The van der Waals surface area contributed by atoms with Crippen LogP contribution in [-0.2, 0) is 11.2 Å². The Hall–Kier alpha value is -0.860. The Kier molecular flexibility index (Phi) is 5.22. The van der Waals surface area contributed by atoms with Gasteiger partial charge in [-0.1, -0.05) is 37.5 Å². The van der Waals surface area contributed by atoms with Gasteiger partial charge in [-0.3, -0.25) is 0 Å². The molecular formula is C18H29NO. The van der Waals surface area contributed by atoms with Gasteiger partial charge in [0.25, 0.3) is 0 Å². The fourth-order valence-electron chi connectivity index (χ4n) is 3.77. The van der Waals surface area contributed by atoms with Crippen LogP contribution < -0.4 is 5.32 Å². The molecule has 1 aromatic rings. The van der Waals surface area contributed by atoms with Gasteiger partial charge in [-0.05, 0) is 56.8 Å². The van der Waals surface area contributed by atoms with E-state index in [1.807, 2.05) is 7.11 Å². The minimum atomic E-state index is 0.0156. The molecule has 20 heavy (non-hydrogen) atoms. The van der Waals surface area contributed by atoms with Gasteiger partial charge < -0.3 is 10.1 Å². The summed E-state index contributed by atoms with van der Waals surface area (Å²) in [5, 5.41) is 3.54. The molecule has 0 aliphatic heterocycles. The Morgan fingerprint density at radius 3 is 2.25 bits per heavy atom. The van der Waals surface area contributed by atoms with E-state index in [0.29, 0.717) is 6.04 Å². The summed E-state index contributed by atoms with van der Waals surface area (Å²) in [4.78, 5) is 0. The minimum Gasteiger partial charge on any atom is -0.377 e. The first kappa shape index (κ1) is 15.5. The highest BCUT2D eigenvalue weighted by Gasteiger charge is 2.39. The van der Waals surface area contributed by atoms with Gasteiger partial charge in [0, 0.05) is 13.2 Å². The van der Waals surface area contributed by atoms with Crippen LogP contribution in [0.2, 0.25) is 0 Å². The van der Waals surface area contributed by atoms with Crippen molar-refractivity contribution in [1.29, 1.82) is 0 Å². The van der Waals surface area contributed by atoms with E-state index in [-0.39, 0.29) is 5.60 Å². The maximum absolute atomic E-state index is 6.02. The smallest absolute Gasteiger partial charge is 0.0834 e. The van der Waals surface area contributed by atoms with Crippen LogP contribution in [0.4, 0.5) is 0 Å². The van der Waals surface area contributed by atoms with Crippen molar-refractivity contribution in [3.63, 3.8) is 0 Å². The molecular weight excluding hydrogens is 246 g/mol. The van der Waals surface area contributed by atoms with Crippen LogP contribution in [-0.4, -0.2) is 25.8 Å². The summed E-state index contributed by atoms with van der Waals surface area (Å²) >= 11 is 0. The average Bonchev–Trinajstić information content (AvgIpc) is 2.48. The number of aryl methyl sites for hydroxylation is 2. The summed E-state index contributed by atoms with van der Waals surface area (Å²) in [5.41, 5.74) is 4.29. The fourth-order valence-corrected chi connectivity index (χ4v) is 3.77. The van der Waals surface area contributed by atoms with Crippen molar-refractivity contribution in [1.82, 2.24) is 5.32 Å². The molecule has 0 radical (unpaired) electrons. The Labute approximate surface area is 123 Å². The lowest BCUT2D eigenvalue weighted by atomic mass is 9.76. The first-order valence-corrected chi connectivity index (χ1v) is 7.90. The molecule has 1 fully saturated rings. The van der Waals surface area contributed by atoms with Crippen LogP contribution in [0.25, 0.3) is 0 Å². The molecule has 2 nitrogen and oxygen atoms in total. The maximum atomic E-state index is 6.02. The highest BCUT2D eigenvalue weighted by molar-refractivity contribution is 5.34. The predicted molar refractivity (Wildman–Crippen MR) is 85.3 cm³/mol. The third-order valence-corrected chi connectivity index (χ3v) is 5.14. The van der Waals surface area contributed by atoms with Gasteiger partial charge in [0.1, 0.15) is 0 Å². The lowest BCUT2D eigenvalue weighted by molar-refractivity contribution is -0.0657. The summed E-state index contributed by atoms with van der Waals surface area (Å²) in [6.45, 7) is 4.44. The second-order valence-corrected chi connectivity index (χ2v) is 6.25. The highest BCUT2D eigenvalue weighted by Crippen LogP contribution is 2.35. The van der Waals surface area contributed by atoms with E-state index in [0.717, 1.165) is 6.42 Å². The topological polar surface area (TPSA) is 21.3 Å². The minimum absolute atomic E-state index is 0.0156. The van der Waals surface area contributed by atoms with E-state index in [1.165, 1.54) is 48.8 Å². The molecule has 1 aromatic carbocycles. The van der Waals surface area contributed by atoms with Crippen LogP contribution >= 0.6 is 0 Å². The second-order valence-electron chi connectivity index (χ2n) is 6.25. The molecule has 0 spiro atoms. The van der Waals surface area contributed by atoms with Crippen molar-refractivity contribution in [3.8, 4) is 0 Å². The number of benzene rings is 1. The Morgan fingerprint density at radius 2 is 1.75 bits per heavy atom. The molecule has 2 heteroatoms. The fraction of sp³-hybridized carbons (Fsp3) is 0.667. The van der Waals surface area contributed by atoms with E-state index in [2.05, 4.69) is 44.4 Å². The molecule has 0 aromatic heterocycles. The van der Waals surface area contributed by atoms with E-state index in [1.54, 1.807) is 0 Å². The Balaban J connectivity index is 2.23. The van der Waals surface area contributed by atoms with Crippen molar-refractivity contribution < 1.29 is 4.74 Å². The molecule has 1 unspecified atom stereocenters. The number of likely N-dealkylation sites (N-methyl/N-ethyl adjacent to an activating group) is 1. The molecule has 0 amide bonds. The molecule has 0 saturated heterocycles. The van der Waals surface area contributed by atoms with Crippen LogP contribution in [0.1, 0.15) is 48.8 Å². The number of rotatable bonds is 5. The van der Waals surface area contributed by atoms with E-state index in [9.17, 15) is 0 Å².